The summed E-state index contributed by atoms with van der Waals surface area (Å²) in [5, 5.41) is 12.1. The van der Waals surface area contributed by atoms with Crippen LogP contribution in [0.15, 0.2) is 48.5 Å². The van der Waals surface area contributed by atoms with Crippen LogP contribution in [0.25, 0.3) is 22.8 Å². The lowest BCUT2D eigenvalue weighted by molar-refractivity contribution is -0.110. The van der Waals surface area contributed by atoms with Crippen molar-refractivity contribution in [1.82, 2.24) is 4.98 Å². The number of rotatable bonds is 4. The van der Waals surface area contributed by atoms with Gasteiger partial charge >= 0.3 is 5.97 Å². The van der Waals surface area contributed by atoms with Gasteiger partial charge in [-0.1, -0.05) is 24.3 Å². The van der Waals surface area contributed by atoms with Crippen molar-refractivity contribution in [2.75, 3.05) is 12.4 Å². The average molecular weight is 374 g/mol. The molecule has 140 valence electrons. The molecule has 0 bridgehead atoms. The number of aromatic nitrogens is 1. The van der Waals surface area contributed by atoms with Crippen LogP contribution in [-0.2, 0) is 4.79 Å². The van der Waals surface area contributed by atoms with Crippen molar-refractivity contribution in [3.63, 3.8) is 0 Å². The molecule has 2 heterocycles. The average Bonchev–Trinajstić information content (AvgIpc) is 3.22. The van der Waals surface area contributed by atoms with Gasteiger partial charge in [-0.2, -0.15) is 0 Å². The minimum absolute atomic E-state index is 0.0893. The van der Waals surface area contributed by atoms with Crippen LogP contribution in [0, 0.1) is 6.92 Å². The Balaban J connectivity index is 1.85. The molecule has 0 spiro atoms. The number of anilines is 1. The molecule has 0 fully saturated rings. The number of hydrogen-bond donors (Lipinski definition) is 3. The highest BCUT2D eigenvalue weighted by atomic mass is 16.5. The number of carbonyl (C=O) groups excluding carboxylic acids is 1. The lowest BCUT2D eigenvalue weighted by Crippen LogP contribution is -2.03. The number of amides is 1. The Hall–Kier alpha value is -3.80. The first kappa shape index (κ1) is 17.6. The van der Waals surface area contributed by atoms with Crippen LogP contribution in [-0.4, -0.2) is 29.1 Å². The summed E-state index contributed by atoms with van der Waals surface area (Å²) in [4.78, 5) is 26.7. The van der Waals surface area contributed by atoms with Crippen LogP contribution in [0.1, 0.15) is 27.3 Å². The number of methoxy groups -OCH3 is 1. The van der Waals surface area contributed by atoms with Gasteiger partial charge in [-0.05, 0) is 54.0 Å². The fourth-order valence-corrected chi connectivity index (χ4v) is 3.38. The van der Waals surface area contributed by atoms with Gasteiger partial charge in [0.1, 0.15) is 11.4 Å². The molecule has 3 N–H and O–H groups in total. The second-order valence-corrected chi connectivity index (χ2v) is 6.55. The van der Waals surface area contributed by atoms with Crippen molar-refractivity contribution in [1.29, 1.82) is 0 Å². The summed E-state index contributed by atoms with van der Waals surface area (Å²) >= 11 is 0. The number of ether oxygens (including phenoxy) is 1. The van der Waals surface area contributed by atoms with E-state index in [-0.39, 0.29) is 11.6 Å². The Morgan fingerprint density at radius 3 is 2.54 bits per heavy atom. The van der Waals surface area contributed by atoms with Gasteiger partial charge in [-0.25, -0.2) is 4.79 Å². The van der Waals surface area contributed by atoms with Crippen LogP contribution < -0.4 is 10.1 Å². The molecule has 6 heteroatoms. The maximum atomic E-state index is 12.6. The number of aromatic amines is 1. The van der Waals surface area contributed by atoms with E-state index in [1.807, 2.05) is 42.5 Å². The normalized spacial score (nSPS) is 14.1. The number of aromatic carboxylic acids is 1. The fourth-order valence-electron chi connectivity index (χ4n) is 3.38. The van der Waals surface area contributed by atoms with Gasteiger partial charge < -0.3 is 20.1 Å². The molecular formula is C22H18N2O4. The topological polar surface area (TPSA) is 91.4 Å². The van der Waals surface area contributed by atoms with Crippen molar-refractivity contribution in [2.24, 2.45) is 0 Å². The molecule has 0 aliphatic carbocycles. The summed E-state index contributed by atoms with van der Waals surface area (Å²) < 4.78 is 5.22. The van der Waals surface area contributed by atoms with Gasteiger partial charge in [0.2, 0.25) is 0 Å². The van der Waals surface area contributed by atoms with E-state index in [4.69, 9.17) is 4.74 Å². The van der Waals surface area contributed by atoms with Crippen molar-refractivity contribution in [3.05, 3.63) is 71.0 Å². The molecule has 0 radical (unpaired) electrons. The second-order valence-electron chi connectivity index (χ2n) is 6.55. The standard InChI is InChI=1S/C22H18N2O4/c1-12-10-19(22(26)27)23-18(12)11-16-20-15(4-3-5-17(20)24-21(16)25)13-6-8-14(28-2)9-7-13/h3-11,23H,1-2H3,(H,24,25)(H,26,27). The number of carboxylic acid groups (broad SMARTS) is 1. The lowest BCUT2D eigenvalue weighted by atomic mass is 9.94. The Morgan fingerprint density at radius 1 is 1.14 bits per heavy atom. The van der Waals surface area contributed by atoms with Crippen LogP contribution in [0.4, 0.5) is 5.69 Å². The summed E-state index contributed by atoms with van der Waals surface area (Å²) in [5.41, 5.74) is 5.32. The Labute approximate surface area is 161 Å². The van der Waals surface area contributed by atoms with E-state index in [1.54, 1.807) is 26.2 Å². The molecule has 1 aliphatic rings. The van der Waals surface area contributed by atoms with Crippen LogP contribution in [0.3, 0.4) is 0 Å². The third-order valence-electron chi connectivity index (χ3n) is 4.80. The maximum Gasteiger partial charge on any atom is 0.352 e. The minimum Gasteiger partial charge on any atom is -0.497 e. The molecule has 1 aromatic heterocycles. The van der Waals surface area contributed by atoms with E-state index in [9.17, 15) is 14.7 Å². The number of nitrogens with one attached hydrogen (secondary N) is 2. The zero-order chi connectivity index (χ0) is 19.8. The quantitative estimate of drug-likeness (QED) is 0.597. The number of fused-ring (bicyclic) bond motifs is 1. The molecule has 0 unspecified atom stereocenters. The SMILES string of the molecule is COc1ccc(-c2cccc3c2C(=Cc2[nH]c(C(=O)O)cc2C)C(=O)N3)cc1. The molecule has 1 aliphatic heterocycles. The van der Waals surface area contributed by atoms with Gasteiger partial charge in [0.25, 0.3) is 5.91 Å². The van der Waals surface area contributed by atoms with Crippen LogP contribution in [0.2, 0.25) is 0 Å². The Bertz CT molecular complexity index is 1120. The van der Waals surface area contributed by atoms with Crippen molar-refractivity contribution in [2.45, 2.75) is 6.92 Å². The van der Waals surface area contributed by atoms with Gasteiger partial charge in [0.05, 0.1) is 12.7 Å². The predicted molar refractivity (Wildman–Crippen MR) is 107 cm³/mol. The summed E-state index contributed by atoms with van der Waals surface area (Å²) in [6, 6.07) is 14.9. The van der Waals surface area contributed by atoms with E-state index in [0.717, 1.165) is 33.7 Å². The third-order valence-corrected chi connectivity index (χ3v) is 4.80. The number of carbonyl (C=O) groups is 2. The zero-order valence-corrected chi connectivity index (χ0v) is 15.4. The molecule has 0 atom stereocenters. The van der Waals surface area contributed by atoms with Gasteiger partial charge in [0.15, 0.2) is 0 Å². The lowest BCUT2D eigenvalue weighted by Gasteiger charge is -2.09. The summed E-state index contributed by atoms with van der Waals surface area (Å²) in [5.74, 6) is -0.505. The Kier molecular flexibility index (Phi) is 4.24. The number of hydrogen-bond acceptors (Lipinski definition) is 3. The first-order valence-corrected chi connectivity index (χ1v) is 8.71. The predicted octanol–water partition coefficient (Wildman–Crippen LogP) is 4.19. The molecule has 28 heavy (non-hydrogen) atoms. The summed E-state index contributed by atoms with van der Waals surface area (Å²) in [6.07, 6.45) is 1.70. The molecule has 2 aromatic carbocycles. The number of carboxylic acids is 1. The highest BCUT2D eigenvalue weighted by Gasteiger charge is 2.27. The number of aryl methyl sites for hydroxylation is 1. The van der Waals surface area contributed by atoms with E-state index < -0.39 is 5.97 Å². The van der Waals surface area contributed by atoms with E-state index >= 15 is 0 Å². The van der Waals surface area contributed by atoms with Crippen molar-refractivity contribution in [3.8, 4) is 16.9 Å². The van der Waals surface area contributed by atoms with Crippen LogP contribution in [0.5, 0.6) is 5.75 Å². The van der Waals surface area contributed by atoms with E-state index in [1.165, 1.54) is 0 Å². The number of H-pyrrole nitrogens is 1. The van der Waals surface area contributed by atoms with E-state index in [2.05, 4.69) is 10.3 Å². The molecule has 0 saturated heterocycles. The molecule has 6 nitrogen and oxygen atoms in total. The largest absolute Gasteiger partial charge is 0.497 e. The van der Waals surface area contributed by atoms with Gasteiger partial charge in [0, 0.05) is 16.9 Å². The molecule has 1 amide bonds. The maximum absolute atomic E-state index is 12.6. The fraction of sp³-hybridized carbons (Fsp3) is 0.0909. The van der Waals surface area contributed by atoms with Crippen molar-refractivity contribution < 1.29 is 19.4 Å². The highest BCUT2D eigenvalue weighted by Crippen LogP contribution is 2.40. The molecule has 4 rings (SSSR count). The first-order chi connectivity index (χ1) is 13.5. The van der Waals surface area contributed by atoms with Gasteiger partial charge in [-0.15, -0.1) is 0 Å². The van der Waals surface area contributed by atoms with Crippen LogP contribution >= 0.6 is 0 Å². The summed E-state index contributed by atoms with van der Waals surface area (Å²) in [6.45, 7) is 1.80. The molecular weight excluding hydrogens is 356 g/mol. The number of benzene rings is 2. The Morgan fingerprint density at radius 2 is 1.89 bits per heavy atom. The smallest absolute Gasteiger partial charge is 0.352 e. The molecule has 3 aromatic rings. The third kappa shape index (κ3) is 2.95. The molecule has 0 saturated carbocycles. The summed E-state index contributed by atoms with van der Waals surface area (Å²) in [7, 11) is 1.61. The first-order valence-electron chi connectivity index (χ1n) is 8.71. The minimum atomic E-state index is -1.04. The van der Waals surface area contributed by atoms with Gasteiger partial charge in [-0.3, -0.25) is 4.79 Å². The highest BCUT2D eigenvalue weighted by molar-refractivity contribution is 6.36. The van der Waals surface area contributed by atoms with Crippen molar-refractivity contribution >= 4 is 29.2 Å². The second kappa shape index (κ2) is 6.74. The zero-order valence-electron chi connectivity index (χ0n) is 15.4. The van der Waals surface area contributed by atoms with E-state index in [0.29, 0.717) is 11.3 Å². The monoisotopic (exact) mass is 374 g/mol.